The van der Waals surface area contributed by atoms with E-state index in [-0.39, 0.29) is 11.9 Å². The molecule has 7 heteroatoms. The highest BCUT2D eigenvalue weighted by Gasteiger charge is 2.17. The minimum atomic E-state index is -0.869. The van der Waals surface area contributed by atoms with Crippen LogP contribution in [0.25, 0.3) is 6.08 Å². The van der Waals surface area contributed by atoms with Crippen LogP contribution in [0.4, 0.5) is 0 Å². The largest absolute Gasteiger partial charge is 0.489 e. The van der Waals surface area contributed by atoms with Gasteiger partial charge in [0.2, 0.25) is 0 Å². The van der Waals surface area contributed by atoms with Gasteiger partial charge in [0.25, 0.3) is 5.91 Å². The SMILES string of the molecule is CC(C)NC(=O)[C@@H](C)OC(=O)/C=C/c1cc(Cl)c2c(c1)OCCCO2. The normalized spacial score (nSPS) is 14.9. The Morgan fingerprint density at radius 2 is 1.96 bits per heavy atom. The topological polar surface area (TPSA) is 73.9 Å². The standard InChI is InChI=1S/C18H22ClNO5/c1-11(2)20-18(22)12(3)25-16(21)6-5-13-9-14(19)17-15(10-13)23-7-4-8-24-17/h5-6,9-12H,4,7-8H2,1-3H3,(H,20,22)/b6-5+/t12-/m1/s1. The van der Waals surface area contributed by atoms with Crippen LogP contribution in [0.15, 0.2) is 18.2 Å². The fourth-order valence-corrected chi connectivity index (χ4v) is 2.45. The van der Waals surface area contributed by atoms with E-state index in [9.17, 15) is 9.59 Å². The molecule has 136 valence electrons. The molecule has 1 aromatic rings. The molecule has 0 spiro atoms. The van der Waals surface area contributed by atoms with Crippen molar-refractivity contribution in [3.05, 3.63) is 28.8 Å². The van der Waals surface area contributed by atoms with Gasteiger partial charge in [-0.2, -0.15) is 0 Å². The molecule has 0 fully saturated rings. The Kier molecular flexibility index (Phi) is 6.70. The van der Waals surface area contributed by atoms with E-state index in [2.05, 4.69) is 5.32 Å². The van der Waals surface area contributed by atoms with Gasteiger partial charge in [-0.15, -0.1) is 0 Å². The second-order valence-electron chi connectivity index (χ2n) is 5.96. The zero-order valence-corrected chi connectivity index (χ0v) is 15.3. The summed E-state index contributed by atoms with van der Waals surface area (Å²) in [5, 5.41) is 3.10. The molecule has 2 rings (SSSR count). The van der Waals surface area contributed by atoms with Gasteiger partial charge in [-0.3, -0.25) is 4.79 Å². The molecule has 0 saturated carbocycles. The van der Waals surface area contributed by atoms with Crippen molar-refractivity contribution in [3.63, 3.8) is 0 Å². The first-order valence-electron chi connectivity index (χ1n) is 8.15. The molecule has 1 heterocycles. The minimum absolute atomic E-state index is 0.0202. The average molecular weight is 368 g/mol. The van der Waals surface area contributed by atoms with E-state index < -0.39 is 12.1 Å². The van der Waals surface area contributed by atoms with Gasteiger partial charge < -0.3 is 19.5 Å². The van der Waals surface area contributed by atoms with Crippen LogP contribution in [0.3, 0.4) is 0 Å². The fraction of sp³-hybridized carbons (Fsp3) is 0.444. The third kappa shape index (κ3) is 5.67. The Hall–Kier alpha value is -2.21. The van der Waals surface area contributed by atoms with Crippen molar-refractivity contribution >= 4 is 29.6 Å². The van der Waals surface area contributed by atoms with E-state index in [1.165, 1.54) is 13.0 Å². The minimum Gasteiger partial charge on any atom is -0.489 e. The number of carbonyl (C=O) groups is 2. The summed E-state index contributed by atoms with van der Waals surface area (Å²) in [5.74, 6) is 0.102. The number of rotatable bonds is 5. The van der Waals surface area contributed by atoms with Gasteiger partial charge in [-0.25, -0.2) is 4.79 Å². The first-order chi connectivity index (χ1) is 11.9. The van der Waals surface area contributed by atoms with Crippen molar-refractivity contribution in [2.24, 2.45) is 0 Å². The van der Waals surface area contributed by atoms with E-state index in [1.54, 1.807) is 18.2 Å². The fourth-order valence-electron chi connectivity index (χ4n) is 2.18. The van der Waals surface area contributed by atoms with Crippen LogP contribution in [0, 0.1) is 0 Å². The second-order valence-corrected chi connectivity index (χ2v) is 6.36. The van der Waals surface area contributed by atoms with Gasteiger partial charge in [0, 0.05) is 18.5 Å². The zero-order valence-electron chi connectivity index (χ0n) is 14.5. The molecule has 1 aromatic carbocycles. The number of halogens is 1. The van der Waals surface area contributed by atoms with Gasteiger partial charge in [0.1, 0.15) is 0 Å². The Balaban J connectivity index is 2.01. The van der Waals surface area contributed by atoms with Crippen molar-refractivity contribution in [2.45, 2.75) is 39.3 Å². The highest BCUT2D eigenvalue weighted by Crippen LogP contribution is 2.38. The van der Waals surface area contributed by atoms with Gasteiger partial charge in [0.15, 0.2) is 17.6 Å². The monoisotopic (exact) mass is 367 g/mol. The molecule has 1 amide bonds. The van der Waals surface area contributed by atoms with Gasteiger partial charge in [-0.1, -0.05) is 11.6 Å². The summed E-state index contributed by atoms with van der Waals surface area (Å²) >= 11 is 6.20. The van der Waals surface area contributed by atoms with Crippen molar-refractivity contribution in [1.29, 1.82) is 0 Å². The zero-order chi connectivity index (χ0) is 18.4. The van der Waals surface area contributed by atoms with E-state index in [1.807, 2.05) is 13.8 Å². The third-order valence-electron chi connectivity index (χ3n) is 3.33. The lowest BCUT2D eigenvalue weighted by atomic mass is 10.2. The number of nitrogens with one attached hydrogen (secondary N) is 1. The first-order valence-corrected chi connectivity index (χ1v) is 8.53. The van der Waals surface area contributed by atoms with E-state index >= 15 is 0 Å². The van der Waals surface area contributed by atoms with Crippen LogP contribution < -0.4 is 14.8 Å². The van der Waals surface area contributed by atoms with Crippen molar-refractivity contribution < 1.29 is 23.8 Å². The molecule has 0 radical (unpaired) electrons. The molecule has 25 heavy (non-hydrogen) atoms. The number of amides is 1. The number of hydrogen-bond donors (Lipinski definition) is 1. The van der Waals surface area contributed by atoms with E-state index in [0.717, 1.165) is 6.42 Å². The molecule has 1 N–H and O–H groups in total. The molecule has 1 aliphatic heterocycles. The lowest BCUT2D eigenvalue weighted by Gasteiger charge is -2.14. The Labute approximate surface area is 152 Å². The van der Waals surface area contributed by atoms with Crippen molar-refractivity contribution in [2.75, 3.05) is 13.2 Å². The average Bonchev–Trinajstić information content (AvgIpc) is 2.78. The predicted molar refractivity (Wildman–Crippen MR) is 94.9 cm³/mol. The highest BCUT2D eigenvalue weighted by atomic mass is 35.5. The number of ether oxygens (including phenoxy) is 3. The molecule has 0 saturated heterocycles. The molecule has 0 aromatic heterocycles. The Bertz CT molecular complexity index is 672. The molecule has 0 aliphatic carbocycles. The van der Waals surface area contributed by atoms with Gasteiger partial charge >= 0.3 is 5.97 Å². The summed E-state index contributed by atoms with van der Waals surface area (Å²) in [4.78, 5) is 23.6. The maximum atomic E-state index is 11.9. The van der Waals surface area contributed by atoms with Crippen LogP contribution in [-0.2, 0) is 14.3 Å². The molecular weight excluding hydrogens is 346 g/mol. The first kappa shape index (κ1) is 19.1. The number of hydrogen-bond acceptors (Lipinski definition) is 5. The molecule has 1 aliphatic rings. The molecule has 6 nitrogen and oxygen atoms in total. The third-order valence-corrected chi connectivity index (χ3v) is 3.61. The Morgan fingerprint density at radius 1 is 1.24 bits per heavy atom. The predicted octanol–water partition coefficient (Wildman–Crippen LogP) is 2.97. The van der Waals surface area contributed by atoms with Crippen LogP contribution in [0.5, 0.6) is 11.5 Å². The summed E-state index contributed by atoms with van der Waals surface area (Å²) in [7, 11) is 0. The van der Waals surface area contributed by atoms with Crippen LogP contribution >= 0.6 is 11.6 Å². The summed E-state index contributed by atoms with van der Waals surface area (Å²) in [6.07, 6.45) is 2.70. The van der Waals surface area contributed by atoms with Crippen LogP contribution in [0.1, 0.15) is 32.8 Å². The summed E-state index contributed by atoms with van der Waals surface area (Å²) < 4.78 is 16.2. The van der Waals surface area contributed by atoms with Gasteiger partial charge in [-0.05, 0) is 44.5 Å². The lowest BCUT2D eigenvalue weighted by molar-refractivity contribution is -0.150. The summed E-state index contributed by atoms with van der Waals surface area (Å²) in [5.41, 5.74) is 0.672. The van der Waals surface area contributed by atoms with Crippen molar-refractivity contribution in [1.82, 2.24) is 5.32 Å². The quantitative estimate of drug-likeness (QED) is 0.639. The molecule has 0 bridgehead atoms. The summed E-state index contributed by atoms with van der Waals surface area (Å²) in [6, 6.07) is 3.40. The van der Waals surface area contributed by atoms with Gasteiger partial charge in [0.05, 0.1) is 18.2 Å². The van der Waals surface area contributed by atoms with Crippen molar-refractivity contribution in [3.8, 4) is 11.5 Å². The maximum Gasteiger partial charge on any atom is 0.331 e. The lowest BCUT2D eigenvalue weighted by Crippen LogP contribution is -2.39. The van der Waals surface area contributed by atoms with Crippen LogP contribution in [0.2, 0.25) is 5.02 Å². The van der Waals surface area contributed by atoms with E-state index in [4.69, 9.17) is 25.8 Å². The molecule has 0 unspecified atom stereocenters. The molecule has 1 atom stereocenters. The molecular formula is C18H22ClNO5. The number of carbonyl (C=O) groups excluding carboxylic acids is 2. The Morgan fingerprint density at radius 3 is 2.68 bits per heavy atom. The highest BCUT2D eigenvalue weighted by molar-refractivity contribution is 6.32. The number of esters is 1. The number of fused-ring (bicyclic) bond motifs is 1. The number of benzene rings is 1. The summed E-state index contributed by atoms with van der Waals surface area (Å²) in [6.45, 7) is 6.28. The maximum absolute atomic E-state index is 11.9. The smallest absolute Gasteiger partial charge is 0.331 e. The van der Waals surface area contributed by atoms with Crippen LogP contribution in [-0.4, -0.2) is 37.2 Å². The van der Waals surface area contributed by atoms with E-state index in [0.29, 0.717) is 35.3 Å². The second kappa shape index (κ2) is 8.76.